The fraction of sp³-hybridized carbons (Fsp3) is 0.0588. The number of ether oxygens (including phenoxy) is 2. The van der Waals surface area contributed by atoms with E-state index in [-0.39, 0.29) is 18.0 Å². The van der Waals surface area contributed by atoms with Gasteiger partial charge in [-0.3, -0.25) is 20.2 Å². The Kier molecular flexibility index (Phi) is 3.98. The third-order valence-corrected chi connectivity index (χ3v) is 4.47. The standard InChI is InChI=1S/C17H11N3O5S/c21-16(11-2-1-3-12(6-11)20(22)23)19-17-18-13(8-26-17)10-4-5-14-15(7-10)25-9-24-14/h1-8H,9H2,(H,18,19,21). The quantitative estimate of drug-likeness (QED) is 0.555. The first-order chi connectivity index (χ1) is 12.6. The summed E-state index contributed by atoms with van der Waals surface area (Å²) in [6, 6.07) is 11.0. The number of thiazole rings is 1. The van der Waals surface area contributed by atoms with Crippen molar-refractivity contribution in [2.75, 3.05) is 12.1 Å². The van der Waals surface area contributed by atoms with E-state index in [1.165, 1.54) is 35.6 Å². The lowest BCUT2D eigenvalue weighted by Gasteiger charge is -2.02. The normalized spacial score (nSPS) is 12.0. The highest BCUT2D eigenvalue weighted by Gasteiger charge is 2.16. The lowest BCUT2D eigenvalue weighted by molar-refractivity contribution is -0.384. The van der Waals surface area contributed by atoms with Gasteiger partial charge in [0, 0.05) is 28.6 Å². The van der Waals surface area contributed by atoms with E-state index in [0.717, 1.165) is 5.56 Å². The maximum absolute atomic E-state index is 12.3. The summed E-state index contributed by atoms with van der Waals surface area (Å²) in [7, 11) is 0. The van der Waals surface area contributed by atoms with Gasteiger partial charge in [0.1, 0.15) is 0 Å². The molecule has 0 aliphatic carbocycles. The van der Waals surface area contributed by atoms with Crippen molar-refractivity contribution >= 4 is 28.1 Å². The van der Waals surface area contributed by atoms with E-state index < -0.39 is 10.8 Å². The zero-order chi connectivity index (χ0) is 18.1. The highest BCUT2D eigenvalue weighted by molar-refractivity contribution is 7.14. The zero-order valence-electron chi connectivity index (χ0n) is 13.2. The number of nitrogens with zero attached hydrogens (tertiary/aromatic N) is 2. The number of carbonyl (C=O) groups excluding carboxylic acids is 1. The number of hydrogen-bond acceptors (Lipinski definition) is 7. The minimum atomic E-state index is -0.544. The maximum Gasteiger partial charge on any atom is 0.270 e. The molecule has 130 valence electrons. The number of anilines is 1. The number of fused-ring (bicyclic) bond motifs is 1. The first-order valence-electron chi connectivity index (χ1n) is 7.51. The van der Waals surface area contributed by atoms with Gasteiger partial charge in [-0.2, -0.15) is 0 Å². The molecule has 4 rings (SSSR count). The maximum atomic E-state index is 12.3. The van der Waals surface area contributed by atoms with Gasteiger partial charge < -0.3 is 9.47 Å². The van der Waals surface area contributed by atoms with Crippen molar-refractivity contribution in [1.29, 1.82) is 0 Å². The summed E-state index contributed by atoms with van der Waals surface area (Å²) >= 11 is 1.26. The number of nitro benzene ring substituents is 1. The first kappa shape index (κ1) is 16.0. The Balaban J connectivity index is 1.52. The summed E-state index contributed by atoms with van der Waals surface area (Å²) in [5.74, 6) is 0.876. The zero-order valence-corrected chi connectivity index (χ0v) is 14.0. The van der Waals surface area contributed by atoms with Crippen LogP contribution in [0.4, 0.5) is 10.8 Å². The number of amides is 1. The second kappa shape index (κ2) is 6.45. The minimum Gasteiger partial charge on any atom is -0.454 e. The summed E-state index contributed by atoms with van der Waals surface area (Å²) in [5.41, 5.74) is 1.57. The van der Waals surface area contributed by atoms with Crippen LogP contribution in [0.5, 0.6) is 11.5 Å². The van der Waals surface area contributed by atoms with Gasteiger partial charge in [0.2, 0.25) is 6.79 Å². The van der Waals surface area contributed by atoms with E-state index in [9.17, 15) is 14.9 Å². The number of nitro groups is 1. The van der Waals surface area contributed by atoms with Crippen molar-refractivity contribution < 1.29 is 19.2 Å². The summed E-state index contributed by atoms with van der Waals surface area (Å²) in [6.07, 6.45) is 0. The molecule has 2 aromatic carbocycles. The molecule has 1 aromatic heterocycles. The van der Waals surface area contributed by atoms with Crippen LogP contribution in [0.2, 0.25) is 0 Å². The molecule has 8 nitrogen and oxygen atoms in total. The van der Waals surface area contributed by atoms with Gasteiger partial charge in [0.05, 0.1) is 10.6 Å². The molecule has 0 radical (unpaired) electrons. The Morgan fingerprint density at radius 3 is 2.88 bits per heavy atom. The van der Waals surface area contributed by atoms with Crippen molar-refractivity contribution in [3.05, 3.63) is 63.5 Å². The minimum absolute atomic E-state index is 0.141. The summed E-state index contributed by atoms with van der Waals surface area (Å²) in [6.45, 7) is 0.195. The first-order valence-corrected chi connectivity index (χ1v) is 8.39. The molecule has 0 bridgehead atoms. The Morgan fingerprint density at radius 1 is 1.19 bits per heavy atom. The molecular weight excluding hydrogens is 358 g/mol. The molecule has 0 saturated carbocycles. The molecule has 1 N–H and O–H groups in total. The predicted octanol–water partition coefficient (Wildman–Crippen LogP) is 3.70. The molecule has 1 amide bonds. The van der Waals surface area contributed by atoms with Gasteiger partial charge in [-0.05, 0) is 24.3 Å². The lowest BCUT2D eigenvalue weighted by atomic mass is 10.1. The Bertz CT molecular complexity index is 1020. The average molecular weight is 369 g/mol. The molecule has 0 saturated heterocycles. The molecule has 3 aromatic rings. The fourth-order valence-electron chi connectivity index (χ4n) is 2.45. The number of carbonyl (C=O) groups is 1. The van der Waals surface area contributed by atoms with Crippen molar-refractivity contribution in [1.82, 2.24) is 4.98 Å². The van der Waals surface area contributed by atoms with Crippen LogP contribution in [-0.2, 0) is 0 Å². The van der Waals surface area contributed by atoms with Crippen LogP contribution in [0.25, 0.3) is 11.3 Å². The van der Waals surface area contributed by atoms with E-state index >= 15 is 0 Å². The van der Waals surface area contributed by atoms with Gasteiger partial charge in [-0.25, -0.2) is 4.98 Å². The van der Waals surface area contributed by atoms with Gasteiger partial charge in [-0.1, -0.05) is 6.07 Å². The SMILES string of the molecule is O=C(Nc1nc(-c2ccc3c(c2)OCO3)cs1)c1cccc([N+](=O)[O-])c1. The van der Waals surface area contributed by atoms with Crippen molar-refractivity contribution in [3.8, 4) is 22.8 Å². The van der Waals surface area contributed by atoms with Crippen molar-refractivity contribution in [3.63, 3.8) is 0 Å². The van der Waals surface area contributed by atoms with Crippen LogP contribution in [0.3, 0.4) is 0 Å². The Labute approximate surface area is 151 Å². The summed E-state index contributed by atoms with van der Waals surface area (Å²) in [5, 5.41) is 15.7. The summed E-state index contributed by atoms with van der Waals surface area (Å²) < 4.78 is 10.6. The number of benzene rings is 2. The van der Waals surface area contributed by atoms with Gasteiger partial charge in [0.25, 0.3) is 11.6 Å². The van der Waals surface area contributed by atoms with Crippen LogP contribution in [0.1, 0.15) is 10.4 Å². The molecule has 26 heavy (non-hydrogen) atoms. The second-order valence-electron chi connectivity index (χ2n) is 5.37. The lowest BCUT2D eigenvalue weighted by Crippen LogP contribution is -2.11. The van der Waals surface area contributed by atoms with Crippen LogP contribution in [0.15, 0.2) is 47.8 Å². The molecule has 0 unspecified atom stereocenters. The Morgan fingerprint density at radius 2 is 2.04 bits per heavy atom. The smallest absolute Gasteiger partial charge is 0.270 e. The number of aromatic nitrogens is 1. The van der Waals surface area contributed by atoms with Crippen molar-refractivity contribution in [2.24, 2.45) is 0 Å². The van der Waals surface area contributed by atoms with Crippen LogP contribution in [-0.4, -0.2) is 22.6 Å². The monoisotopic (exact) mass is 369 g/mol. The molecule has 0 spiro atoms. The number of hydrogen-bond donors (Lipinski definition) is 1. The number of rotatable bonds is 4. The van der Waals surface area contributed by atoms with Gasteiger partial charge >= 0.3 is 0 Å². The topological polar surface area (TPSA) is 104 Å². The van der Waals surface area contributed by atoms with E-state index in [2.05, 4.69) is 10.3 Å². The van der Waals surface area contributed by atoms with Gasteiger partial charge in [-0.15, -0.1) is 11.3 Å². The van der Waals surface area contributed by atoms with E-state index in [1.54, 1.807) is 11.4 Å². The van der Waals surface area contributed by atoms with Gasteiger partial charge in [0.15, 0.2) is 16.6 Å². The molecule has 1 aliphatic rings. The number of non-ortho nitro benzene ring substituents is 1. The molecule has 0 fully saturated rings. The molecular formula is C17H11N3O5S. The molecule has 2 heterocycles. The number of nitrogens with one attached hydrogen (secondary N) is 1. The van der Waals surface area contributed by atoms with Crippen LogP contribution < -0.4 is 14.8 Å². The molecule has 1 aliphatic heterocycles. The largest absolute Gasteiger partial charge is 0.454 e. The van der Waals surface area contributed by atoms with Crippen LogP contribution in [0, 0.1) is 10.1 Å². The van der Waals surface area contributed by atoms with E-state index in [4.69, 9.17) is 9.47 Å². The third-order valence-electron chi connectivity index (χ3n) is 3.71. The van der Waals surface area contributed by atoms with E-state index in [0.29, 0.717) is 22.3 Å². The predicted molar refractivity (Wildman–Crippen MR) is 94.7 cm³/mol. The van der Waals surface area contributed by atoms with Crippen LogP contribution >= 0.6 is 11.3 Å². The van der Waals surface area contributed by atoms with E-state index in [1.807, 2.05) is 12.1 Å². The fourth-order valence-corrected chi connectivity index (χ4v) is 3.16. The van der Waals surface area contributed by atoms with Crippen molar-refractivity contribution in [2.45, 2.75) is 0 Å². The highest BCUT2D eigenvalue weighted by atomic mass is 32.1. The highest BCUT2D eigenvalue weighted by Crippen LogP contribution is 2.36. The second-order valence-corrected chi connectivity index (χ2v) is 6.23. The Hall–Kier alpha value is -3.46. The summed E-state index contributed by atoms with van der Waals surface area (Å²) in [4.78, 5) is 26.9. The molecule has 9 heteroatoms. The average Bonchev–Trinajstić information content (AvgIpc) is 3.30. The third kappa shape index (κ3) is 3.07. The molecule has 0 atom stereocenters.